The fraction of sp³-hybridized carbons (Fsp3) is 0.600. The normalized spacial score (nSPS) is 13.2. The summed E-state index contributed by atoms with van der Waals surface area (Å²) in [5.41, 5.74) is 0.409. The summed E-state index contributed by atoms with van der Waals surface area (Å²) in [6.07, 6.45) is 1.97. The zero-order chi connectivity index (χ0) is 19.5. The summed E-state index contributed by atoms with van der Waals surface area (Å²) in [6, 6.07) is 7.27. The van der Waals surface area contributed by atoms with Crippen molar-refractivity contribution in [2.45, 2.75) is 59.6 Å². The highest BCUT2D eigenvalue weighted by molar-refractivity contribution is 6.34. The highest BCUT2D eigenvalue weighted by atomic mass is 35.5. The second kappa shape index (κ2) is 11.9. The van der Waals surface area contributed by atoms with Crippen LogP contribution in [0, 0.1) is 0 Å². The predicted molar refractivity (Wildman–Crippen MR) is 108 cm³/mol. The van der Waals surface area contributed by atoms with E-state index in [-0.39, 0.29) is 24.1 Å². The average molecular weight is 383 g/mol. The lowest BCUT2D eigenvalue weighted by atomic mass is 10.2. The van der Waals surface area contributed by atoms with E-state index in [1.165, 1.54) is 0 Å². The Kier molecular flexibility index (Phi) is 10.3. The highest BCUT2D eigenvalue weighted by Crippen LogP contribution is 2.14. The number of hydrogen-bond acceptors (Lipinski definition) is 3. The lowest BCUT2D eigenvalue weighted by Gasteiger charge is -2.17. The zero-order valence-corrected chi connectivity index (χ0v) is 17.4. The van der Waals surface area contributed by atoms with Crippen LogP contribution in [-0.2, 0) is 4.74 Å². The van der Waals surface area contributed by atoms with E-state index in [2.05, 4.69) is 24.2 Å². The molecule has 1 rings (SSSR count). The maximum Gasteiger partial charge on any atom is 0.292 e. The van der Waals surface area contributed by atoms with Crippen molar-refractivity contribution in [3.63, 3.8) is 0 Å². The Morgan fingerprint density at radius 2 is 1.88 bits per heavy atom. The van der Waals surface area contributed by atoms with Crippen LogP contribution in [0.4, 0.5) is 0 Å². The molecule has 2 N–H and O–H groups in total. The van der Waals surface area contributed by atoms with Crippen LogP contribution in [0.2, 0.25) is 5.02 Å². The molecule has 0 unspecified atom stereocenters. The molecule has 5 nitrogen and oxygen atoms in total. The minimum Gasteiger partial charge on any atom is -0.462 e. The van der Waals surface area contributed by atoms with Crippen LogP contribution < -0.4 is 10.2 Å². The lowest BCUT2D eigenvalue weighted by molar-refractivity contribution is -0.896. The van der Waals surface area contributed by atoms with Gasteiger partial charge in [-0.2, -0.15) is 0 Å². The number of nitrogens with one attached hydrogen (secondary N) is 2. The van der Waals surface area contributed by atoms with Gasteiger partial charge in [0.05, 0.1) is 42.4 Å². The number of amidine groups is 1. The van der Waals surface area contributed by atoms with Gasteiger partial charge in [0.1, 0.15) is 0 Å². The SMILES string of the molecule is CC[NH+](CC)CCC[C@H](C)N=C(NC(=O)c1ccccc1Cl)OC(C)C. The molecular formula is C20H33ClN3O2+. The van der Waals surface area contributed by atoms with Crippen LogP contribution in [0.1, 0.15) is 57.8 Å². The summed E-state index contributed by atoms with van der Waals surface area (Å²) in [4.78, 5) is 18.6. The largest absolute Gasteiger partial charge is 0.462 e. The van der Waals surface area contributed by atoms with Crippen LogP contribution in [0.15, 0.2) is 29.3 Å². The van der Waals surface area contributed by atoms with Gasteiger partial charge in [0, 0.05) is 0 Å². The van der Waals surface area contributed by atoms with Crippen molar-refractivity contribution in [1.29, 1.82) is 0 Å². The van der Waals surface area contributed by atoms with Crippen molar-refractivity contribution in [2.24, 2.45) is 4.99 Å². The Morgan fingerprint density at radius 1 is 1.23 bits per heavy atom. The molecule has 0 saturated carbocycles. The van der Waals surface area contributed by atoms with Crippen molar-refractivity contribution in [2.75, 3.05) is 19.6 Å². The summed E-state index contributed by atoms with van der Waals surface area (Å²) >= 11 is 6.10. The van der Waals surface area contributed by atoms with Crippen LogP contribution in [0.25, 0.3) is 0 Å². The monoisotopic (exact) mass is 382 g/mol. The second-order valence-corrected chi connectivity index (χ2v) is 7.14. The summed E-state index contributed by atoms with van der Waals surface area (Å²) in [7, 11) is 0. The van der Waals surface area contributed by atoms with Crippen molar-refractivity contribution in [3.05, 3.63) is 34.9 Å². The number of halogens is 1. The predicted octanol–water partition coefficient (Wildman–Crippen LogP) is 2.94. The molecule has 0 aliphatic heterocycles. The van der Waals surface area contributed by atoms with Crippen molar-refractivity contribution >= 4 is 23.5 Å². The molecule has 0 radical (unpaired) electrons. The topological polar surface area (TPSA) is 55.1 Å². The standard InChI is InChI=1S/C20H32ClN3O2/c1-6-24(7-2)14-10-11-16(5)22-20(26-15(3)4)23-19(25)17-12-8-9-13-18(17)21/h8-9,12-13,15-16H,6-7,10-11,14H2,1-5H3,(H,22,23,25)/p+1/t16-/m0/s1. The van der Waals surface area contributed by atoms with Gasteiger partial charge >= 0.3 is 0 Å². The molecule has 0 bridgehead atoms. The van der Waals surface area contributed by atoms with Crippen molar-refractivity contribution in [1.82, 2.24) is 5.32 Å². The number of carbonyl (C=O) groups is 1. The van der Waals surface area contributed by atoms with Crippen molar-refractivity contribution < 1.29 is 14.4 Å². The van der Waals surface area contributed by atoms with E-state index >= 15 is 0 Å². The molecule has 0 aromatic heterocycles. The quantitative estimate of drug-likeness (QED) is 0.509. The number of hydrogen-bond donors (Lipinski definition) is 2. The Morgan fingerprint density at radius 3 is 2.46 bits per heavy atom. The molecule has 1 aromatic carbocycles. The molecule has 1 atom stereocenters. The molecule has 1 aromatic rings. The van der Waals surface area contributed by atoms with E-state index in [1.807, 2.05) is 20.8 Å². The molecule has 0 fully saturated rings. The zero-order valence-electron chi connectivity index (χ0n) is 16.6. The number of nitrogens with zero attached hydrogens (tertiary/aromatic N) is 1. The molecule has 6 heteroatoms. The first kappa shape index (κ1) is 22.5. The fourth-order valence-corrected chi connectivity index (χ4v) is 2.86. The van der Waals surface area contributed by atoms with Crippen LogP contribution in [0.3, 0.4) is 0 Å². The molecule has 0 saturated heterocycles. The molecular weight excluding hydrogens is 350 g/mol. The summed E-state index contributed by atoms with van der Waals surface area (Å²) < 4.78 is 5.69. The smallest absolute Gasteiger partial charge is 0.292 e. The van der Waals surface area contributed by atoms with E-state index in [9.17, 15) is 4.79 Å². The van der Waals surface area contributed by atoms with Crippen LogP contribution in [0.5, 0.6) is 0 Å². The Hall–Kier alpha value is -1.59. The Labute approximate surface area is 162 Å². The van der Waals surface area contributed by atoms with Gasteiger partial charge in [-0.3, -0.25) is 10.1 Å². The minimum atomic E-state index is -0.310. The number of quaternary nitrogens is 1. The molecule has 146 valence electrons. The van der Waals surface area contributed by atoms with Gasteiger partial charge in [0.15, 0.2) is 0 Å². The molecule has 26 heavy (non-hydrogen) atoms. The molecule has 0 aliphatic carbocycles. The van der Waals surface area contributed by atoms with E-state index in [0.717, 1.165) is 32.5 Å². The van der Waals surface area contributed by atoms with Gasteiger partial charge in [0.2, 0.25) is 0 Å². The number of aliphatic imine (C=N–C) groups is 1. The first-order valence-electron chi connectivity index (χ1n) is 9.51. The fourth-order valence-electron chi connectivity index (χ4n) is 2.64. The third kappa shape index (κ3) is 8.19. The maximum atomic E-state index is 12.5. The number of amides is 1. The van der Waals surface area contributed by atoms with E-state index in [0.29, 0.717) is 10.6 Å². The number of rotatable bonds is 9. The average Bonchev–Trinajstić information content (AvgIpc) is 2.58. The summed E-state index contributed by atoms with van der Waals surface area (Å²) in [6.45, 7) is 13.7. The number of ether oxygens (including phenoxy) is 1. The van der Waals surface area contributed by atoms with Gasteiger partial charge in [-0.1, -0.05) is 23.7 Å². The number of benzene rings is 1. The summed E-state index contributed by atoms with van der Waals surface area (Å²) in [5, 5.41) is 3.16. The van der Waals surface area contributed by atoms with E-state index in [4.69, 9.17) is 16.3 Å². The third-order valence-corrected chi connectivity index (χ3v) is 4.51. The lowest BCUT2D eigenvalue weighted by Crippen LogP contribution is -3.11. The number of carbonyl (C=O) groups excluding carboxylic acids is 1. The van der Waals surface area contributed by atoms with E-state index in [1.54, 1.807) is 29.2 Å². The Balaban J connectivity index is 2.71. The summed E-state index contributed by atoms with van der Waals surface area (Å²) in [5.74, 6) is -0.310. The second-order valence-electron chi connectivity index (χ2n) is 6.73. The first-order valence-corrected chi connectivity index (χ1v) is 9.89. The van der Waals surface area contributed by atoms with Gasteiger partial charge < -0.3 is 9.64 Å². The van der Waals surface area contributed by atoms with E-state index < -0.39 is 0 Å². The Bertz CT molecular complexity index is 586. The van der Waals surface area contributed by atoms with Crippen LogP contribution >= 0.6 is 11.6 Å². The molecule has 0 aliphatic rings. The van der Waals surface area contributed by atoms with Crippen LogP contribution in [-0.4, -0.2) is 43.7 Å². The van der Waals surface area contributed by atoms with Gasteiger partial charge in [-0.25, -0.2) is 4.99 Å². The van der Waals surface area contributed by atoms with Gasteiger partial charge in [0.25, 0.3) is 11.9 Å². The highest BCUT2D eigenvalue weighted by Gasteiger charge is 2.15. The first-order chi connectivity index (χ1) is 12.4. The minimum absolute atomic E-state index is 0.0743. The molecule has 0 heterocycles. The maximum absolute atomic E-state index is 12.5. The van der Waals surface area contributed by atoms with Crippen molar-refractivity contribution in [3.8, 4) is 0 Å². The van der Waals surface area contributed by atoms with Gasteiger partial charge in [-0.05, 0) is 59.6 Å². The third-order valence-electron chi connectivity index (χ3n) is 4.18. The molecule has 0 spiro atoms. The van der Waals surface area contributed by atoms with Gasteiger partial charge in [-0.15, -0.1) is 0 Å². The molecule has 1 amide bonds.